The summed E-state index contributed by atoms with van der Waals surface area (Å²) >= 11 is 0. The summed E-state index contributed by atoms with van der Waals surface area (Å²) in [4.78, 5) is 11.9. The minimum atomic E-state index is -0.256. The van der Waals surface area contributed by atoms with Crippen molar-refractivity contribution in [3.05, 3.63) is 29.4 Å². The van der Waals surface area contributed by atoms with E-state index < -0.39 is 0 Å². The van der Waals surface area contributed by atoms with Gasteiger partial charge in [-0.3, -0.25) is 4.79 Å². The van der Waals surface area contributed by atoms with E-state index in [2.05, 4.69) is 25.9 Å². The van der Waals surface area contributed by atoms with Gasteiger partial charge in [-0.1, -0.05) is 5.16 Å². The van der Waals surface area contributed by atoms with Gasteiger partial charge in [0.1, 0.15) is 5.76 Å². The van der Waals surface area contributed by atoms with Gasteiger partial charge in [0.2, 0.25) is 0 Å². The van der Waals surface area contributed by atoms with Gasteiger partial charge in [-0.25, -0.2) is 0 Å². The van der Waals surface area contributed by atoms with Gasteiger partial charge in [-0.15, -0.1) is 0 Å². The number of carbonyl (C=O) groups is 1. The minimum absolute atomic E-state index is 0.0652. The zero-order chi connectivity index (χ0) is 13.9. The number of amides is 1. The first-order valence-electron chi connectivity index (χ1n) is 6.39. The Balaban J connectivity index is 1.62. The van der Waals surface area contributed by atoms with Crippen LogP contribution in [0.4, 0.5) is 0 Å². The van der Waals surface area contributed by atoms with E-state index >= 15 is 0 Å². The largest absolute Gasteiger partial charge is 0.379 e. The van der Waals surface area contributed by atoms with Gasteiger partial charge in [-0.05, 0) is 6.92 Å². The lowest BCUT2D eigenvalue weighted by Crippen LogP contribution is -2.40. The van der Waals surface area contributed by atoms with Gasteiger partial charge in [0.05, 0.1) is 31.1 Å². The molecule has 106 valence electrons. The molecule has 1 aliphatic heterocycles. The summed E-state index contributed by atoms with van der Waals surface area (Å²) < 4.78 is 10.7. The molecule has 1 saturated heterocycles. The Morgan fingerprint density at radius 1 is 1.55 bits per heavy atom. The first-order valence-corrected chi connectivity index (χ1v) is 6.39. The van der Waals surface area contributed by atoms with Crippen molar-refractivity contribution in [1.82, 2.24) is 25.9 Å². The maximum atomic E-state index is 11.9. The molecule has 20 heavy (non-hydrogen) atoms. The van der Waals surface area contributed by atoms with Crippen LogP contribution in [0.15, 0.2) is 16.8 Å². The second kappa shape index (κ2) is 5.41. The maximum Gasteiger partial charge on any atom is 0.273 e. The molecule has 3 rings (SSSR count). The zero-order valence-electron chi connectivity index (χ0n) is 11.0. The standard InChI is InChI=1S/C12H15N5O3/c1-7-2-9(20-16-7)3-8-5-19-6-11(8)14-12(18)10-4-13-17-15-10/h2,4,8,11H,3,5-6H2,1H3,(H,14,18)(H,13,15,17)/t8-,11+/m1/s1. The Bertz CT molecular complexity index is 580. The van der Waals surface area contributed by atoms with Crippen LogP contribution in [0.25, 0.3) is 0 Å². The number of H-pyrrole nitrogens is 1. The van der Waals surface area contributed by atoms with E-state index in [-0.39, 0.29) is 23.6 Å². The molecule has 0 aliphatic carbocycles. The molecule has 0 aromatic carbocycles. The molecule has 2 aromatic heterocycles. The maximum absolute atomic E-state index is 11.9. The molecule has 1 aliphatic rings. The average Bonchev–Trinajstić information content (AvgIpc) is 3.13. The quantitative estimate of drug-likeness (QED) is 0.820. The third-order valence-electron chi connectivity index (χ3n) is 3.30. The van der Waals surface area contributed by atoms with Crippen LogP contribution in [0.5, 0.6) is 0 Å². The van der Waals surface area contributed by atoms with Gasteiger partial charge in [0, 0.05) is 18.4 Å². The molecule has 8 nitrogen and oxygen atoms in total. The summed E-state index contributed by atoms with van der Waals surface area (Å²) in [5.41, 5.74) is 1.12. The second-order valence-electron chi connectivity index (χ2n) is 4.87. The number of aromatic nitrogens is 4. The Labute approximate surface area is 114 Å². The van der Waals surface area contributed by atoms with Crippen LogP contribution in [0, 0.1) is 12.8 Å². The van der Waals surface area contributed by atoms with Crippen LogP contribution in [-0.2, 0) is 11.2 Å². The van der Waals surface area contributed by atoms with Gasteiger partial charge < -0.3 is 14.6 Å². The monoisotopic (exact) mass is 277 g/mol. The zero-order valence-corrected chi connectivity index (χ0v) is 11.0. The van der Waals surface area contributed by atoms with Crippen molar-refractivity contribution in [2.45, 2.75) is 19.4 Å². The van der Waals surface area contributed by atoms with Crippen molar-refractivity contribution >= 4 is 5.91 Å². The summed E-state index contributed by atoms with van der Waals surface area (Å²) in [5, 5.41) is 16.6. The Hall–Kier alpha value is -2.22. The van der Waals surface area contributed by atoms with Gasteiger partial charge in [-0.2, -0.15) is 15.4 Å². The molecule has 2 N–H and O–H groups in total. The average molecular weight is 277 g/mol. The number of rotatable bonds is 4. The van der Waals surface area contributed by atoms with Crippen molar-refractivity contribution in [1.29, 1.82) is 0 Å². The molecule has 2 aromatic rings. The first kappa shape index (κ1) is 12.8. The molecule has 2 atom stereocenters. The number of hydrogen-bond acceptors (Lipinski definition) is 6. The van der Waals surface area contributed by atoms with Crippen LogP contribution in [0.1, 0.15) is 21.9 Å². The normalized spacial score (nSPS) is 22.1. The van der Waals surface area contributed by atoms with E-state index in [1.165, 1.54) is 6.20 Å². The highest BCUT2D eigenvalue weighted by molar-refractivity contribution is 5.92. The smallest absolute Gasteiger partial charge is 0.273 e. The number of nitrogens with one attached hydrogen (secondary N) is 2. The van der Waals surface area contributed by atoms with Crippen LogP contribution in [0.3, 0.4) is 0 Å². The summed E-state index contributed by atoms with van der Waals surface area (Å²) in [5.74, 6) is 0.713. The van der Waals surface area contributed by atoms with E-state index in [1.54, 1.807) is 0 Å². The second-order valence-corrected chi connectivity index (χ2v) is 4.87. The van der Waals surface area contributed by atoms with Crippen LogP contribution < -0.4 is 5.32 Å². The lowest BCUT2D eigenvalue weighted by atomic mass is 9.98. The number of ether oxygens (including phenoxy) is 1. The molecule has 0 unspecified atom stereocenters. The molecule has 1 amide bonds. The first-order chi connectivity index (χ1) is 9.72. The molecule has 0 saturated carbocycles. The number of hydrogen-bond donors (Lipinski definition) is 2. The minimum Gasteiger partial charge on any atom is -0.379 e. The molecule has 8 heteroatoms. The van der Waals surface area contributed by atoms with Gasteiger partial charge in [0.15, 0.2) is 5.69 Å². The van der Waals surface area contributed by atoms with Gasteiger partial charge in [0.25, 0.3) is 5.91 Å². The highest BCUT2D eigenvalue weighted by Gasteiger charge is 2.31. The van der Waals surface area contributed by atoms with Crippen LogP contribution in [-0.4, -0.2) is 45.7 Å². The highest BCUT2D eigenvalue weighted by atomic mass is 16.5. The molecule has 0 spiro atoms. The predicted molar refractivity (Wildman–Crippen MR) is 66.9 cm³/mol. The predicted octanol–water partition coefficient (Wildman–Crippen LogP) is 0.0886. The Morgan fingerprint density at radius 3 is 3.15 bits per heavy atom. The summed E-state index contributed by atoms with van der Waals surface area (Å²) in [6, 6.07) is 1.83. The van der Waals surface area contributed by atoms with Crippen molar-refractivity contribution < 1.29 is 14.1 Å². The fourth-order valence-electron chi connectivity index (χ4n) is 2.28. The molecular formula is C12H15N5O3. The highest BCUT2D eigenvalue weighted by Crippen LogP contribution is 2.20. The number of aromatic amines is 1. The summed E-state index contributed by atoms with van der Waals surface area (Å²) in [6.45, 7) is 2.95. The Kier molecular flexibility index (Phi) is 3.46. The third kappa shape index (κ3) is 2.69. The topological polar surface area (TPSA) is 106 Å². The fourth-order valence-corrected chi connectivity index (χ4v) is 2.28. The number of carbonyl (C=O) groups excluding carboxylic acids is 1. The lowest BCUT2D eigenvalue weighted by Gasteiger charge is -2.17. The van der Waals surface area contributed by atoms with E-state index in [9.17, 15) is 4.79 Å². The van der Waals surface area contributed by atoms with Crippen LogP contribution in [0.2, 0.25) is 0 Å². The van der Waals surface area contributed by atoms with E-state index in [4.69, 9.17) is 9.26 Å². The van der Waals surface area contributed by atoms with Crippen molar-refractivity contribution in [3.8, 4) is 0 Å². The van der Waals surface area contributed by atoms with Crippen molar-refractivity contribution in [2.24, 2.45) is 5.92 Å². The van der Waals surface area contributed by atoms with E-state index in [0.717, 1.165) is 11.5 Å². The molecular weight excluding hydrogens is 262 g/mol. The summed E-state index contributed by atoms with van der Waals surface area (Å²) in [7, 11) is 0. The molecule has 3 heterocycles. The van der Waals surface area contributed by atoms with Crippen molar-refractivity contribution in [3.63, 3.8) is 0 Å². The van der Waals surface area contributed by atoms with E-state index in [0.29, 0.717) is 19.6 Å². The van der Waals surface area contributed by atoms with Crippen molar-refractivity contribution in [2.75, 3.05) is 13.2 Å². The lowest BCUT2D eigenvalue weighted by molar-refractivity contribution is 0.0919. The van der Waals surface area contributed by atoms with Crippen LogP contribution >= 0.6 is 0 Å². The molecule has 0 radical (unpaired) electrons. The van der Waals surface area contributed by atoms with E-state index in [1.807, 2.05) is 13.0 Å². The molecule has 1 fully saturated rings. The molecule has 0 bridgehead atoms. The van der Waals surface area contributed by atoms with Gasteiger partial charge >= 0.3 is 0 Å². The number of nitrogens with zero attached hydrogens (tertiary/aromatic N) is 3. The number of aryl methyl sites for hydroxylation is 1. The third-order valence-corrected chi connectivity index (χ3v) is 3.30. The SMILES string of the molecule is Cc1cc(C[C@@H]2COC[C@@H]2NC(=O)c2cn[nH]n2)on1. The Morgan fingerprint density at radius 2 is 2.45 bits per heavy atom. The summed E-state index contributed by atoms with van der Waals surface area (Å²) in [6.07, 6.45) is 2.07. The fraction of sp³-hybridized carbons (Fsp3) is 0.500.